The molecule has 116 valence electrons. The topological polar surface area (TPSA) is 47.6 Å². The Bertz CT molecular complexity index is 686. The first-order valence-corrected chi connectivity index (χ1v) is 7.99. The number of methoxy groups -OCH3 is 2. The molecule has 2 rings (SSSR count). The Kier molecular flexibility index (Phi) is 5.33. The van der Waals surface area contributed by atoms with E-state index in [2.05, 4.69) is 5.32 Å². The van der Waals surface area contributed by atoms with E-state index < -0.39 is 0 Å². The summed E-state index contributed by atoms with van der Waals surface area (Å²) in [6.07, 6.45) is 1.98. The van der Waals surface area contributed by atoms with E-state index >= 15 is 0 Å². The highest BCUT2D eigenvalue weighted by Gasteiger charge is 2.15. The third-order valence-electron chi connectivity index (χ3n) is 3.26. The van der Waals surface area contributed by atoms with Crippen molar-refractivity contribution in [2.24, 2.45) is 0 Å². The van der Waals surface area contributed by atoms with Crippen molar-refractivity contribution < 1.29 is 14.3 Å². The third kappa shape index (κ3) is 3.54. The van der Waals surface area contributed by atoms with Gasteiger partial charge in [-0.2, -0.15) is 0 Å². The predicted octanol–water partition coefficient (Wildman–Crippen LogP) is 3.99. The average Bonchev–Trinajstić information content (AvgIpc) is 2.55. The van der Waals surface area contributed by atoms with Crippen LogP contribution in [0.1, 0.15) is 15.9 Å². The van der Waals surface area contributed by atoms with E-state index in [0.29, 0.717) is 22.7 Å². The molecule has 0 saturated carbocycles. The van der Waals surface area contributed by atoms with Crippen LogP contribution in [0.4, 0.5) is 5.69 Å². The Hall–Kier alpha value is -2.14. The first-order chi connectivity index (χ1) is 10.6. The molecule has 0 atom stereocenters. The number of nitrogens with one attached hydrogen (secondary N) is 1. The van der Waals surface area contributed by atoms with Gasteiger partial charge >= 0.3 is 0 Å². The van der Waals surface area contributed by atoms with Crippen molar-refractivity contribution in [2.75, 3.05) is 25.8 Å². The molecule has 0 fully saturated rings. The van der Waals surface area contributed by atoms with Gasteiger partial charge in [0.2, 0.25) is 0 Å². The number of amides is 1. The summed E-state index contributed by atoms with van der Waals surface area (Å²) in [6, 6.07) is 11.1. The van der Waals surface area contributed by atoms with Crippen LogP contribution in [0.25, 0.3) is 0 Å². The second-order valence-electron chi connectivity index (χ2n) is 4.72. The Balaban J connectivity index is 2.29. The van der Waals surface area contributed by atoms with Gasteiger partial charge < -0.3 is 14.8 Å². The fourth-order valence-corrected chi connectivity index (χ4v) is 2.51. The van der Waals surface area contributed by atoms with Crippen LogP contribution in [0.15, 0.2) is 41.3 Å². The van der Waals surface area contributed by atoms with Crippen LogP contribution in [0, 0.1) is 6.92 Å². The molecule has 0 unspecified atom stereocenters. The first kappa shape index (κ1) is 16.2. The minimum atomic E-state index is -0.230. The largest absolute Gasteiger partial charge is 0.496 e. The van der Waals surface area contributed by atoms with Crippen LogP contribution in [-0.4, -0.2) is 26.4 Å². The van der Waals surface area contributed by atoms with E-state index in [-0.39, 0.29) is 5.91 Å². The summed E-state index contributed by atoms with van der Waals surface area (Å²) in [5, 5.41) is 2.87. The zero-order valence-corrected chi connectivity index (χ0v) is 13.9. The maximum Gasteiger partial charge on any atom is 0.259 e. The first-order valence-electron chi connectivity index (χ1n) is 6.77. The van der Waals surface area contributed by atoms with Gasteiger partial charge in [0, 0.05) is 4.90 Å². The number of carbonyl (C=O) groups is 1. The molecule has 0 aliphatic heterocycles. The van der Waals surface area contributed by atoms with Gasteiger partial charge in [0.05, 0.1) is 25.5 Å². The molecule has 0 spiro atoms. The molecule has 1 amide bonds. The van der Waals surface area contributed by atoms with Gasteiger partial charge in [-0.05, 0) is 49.1 Å². The molecule has 0 saturated heterocycles. The fraction of sp³-hybridized carbons (Fsp3) is 0.235. The van der Waals surface area contributed by atoms with E-state index in [1.165, 1.54) is 0 Å². The van der Waals surface area contributed by atoms with Crippen molar-refractivity contribution >= 4 is 23.4 Å². The number of ether oxygens (including phenoxy) is 2. The van der Waals surface area contributed by atoms with Gasteiger partial charge in [-0.1, -0.05) is 6.07 Å². The summed E-state index contributed by atoms with van der Waals surface area (Å²) in [4.78, 5) is 13.5. The van der Waals surface area contributed by atoms with Gasteiger partial charge in [0.25, 0.3) is 5.91 Å². The number of thioether (sulfide) groups is 1. The summed E-state index contributed by atoms with van der Waals surface area (Å²) in [5.41, 5.74) is 2.19. The number of hydrogen-bond acceptors (Lipinski definition) is 4. The Morgan fingerprint density at radius 2 is 1.77 bits per heavy atom. The number of anilines is 1. The van der Waals surface area contributed by atoms with Crippen molar-refractivity contribution in [1.29, 1.82) is 0 Å². The molecular formula is C17H19NO3S. The second-order valence-corrected chi connectivity index (χ2v) is 5.60. The van der Waals surface area contributed by atoms with Crippen LogP contribution in [0.2, 0.25) is 0 Å². The number of aryl methyl sites for hydroxylation is 1. The monoisotopic (exact) mass is 317 g/mol. The van der Waals surface area contributed by atoms with Crippen molar-refractivity contribution in [3.8, 4) is 11.5 Å². The summed E-state index contributed by atoms with van der Waals surface area (Å²) < 4.78 is 10.6. The zero-order chi connectivity index (χ0) is 16.1. The van der Waals surface area contributed by atoms with Crippen LogP contribution >= 0.6 is 11.8 Å². The van der Waals surface area contributed by atoms with E-state index in [1.54, 1.807) is 32.0 Å². The lowest BCUT2D eigenvalue weighted by atomic mass is 10.1. The maximum atomic E-state index is 12.5. The zero-order valence-electron chi connectivity index (χ0n) is 13.1. The third-order valence-corrected chi connectivity index (χ3v) is 3.98. The van der Waals surface area contributed by atoms with Crippen molar-refractivity contribution in [3.05, 3.63) is 47.5 Å². The standard InChI is InChI=1S/C17H19NO3S/c1-11-5-8-14(16(9-11)21-3)18-17(19)13-7-6-12(22-4)10-15(13)20-2/h5-10H,1-4H3,(H,18,19). The maximum absolute atomic E-state index is 12.5. The van der Waals surface area contributed by atoms with Crippen LogP contribution in [0.3, 0.4) is 0 Å². The highest BCUT2D eigenvalue weighted by molar-refractivity contribution is 7.98. The minimum Gasteiger partial charge on any atom is -0.496 e. The molecule has 0 heterocycles. The molecule has 0 bridgehead atoms. The number of benzene rings is 2. The number of hydrogen-bond donors (Lipinski definition) is 1. The van der Waals surface area contributed by atoms with Crippen molar-refractivity contribution in [3.63, 3.8) is 0 Å². The molecule has 2 aromatic rings. The summed E-state index contributed by atoms with van der Waals surface area (Å²) in [7, 11) is 3.14. The normalized spacial score (nSPS) is 10.2. The van der Waals surface area contributed by atoms with Crippen molar-refractivity contribution in [2.45, 2.75) is 11.8 Å². The van der Waals surface area contributed by atoms with Crippen LogP contribution in [-0.2, 0) is 0 Å². The molecule has 2 aromatic carbocycles. The molecule has 0 aliphatic rings. The molecule has 1 N–H and O–H groups in total. The highest BCUT2D eigenvalue weighted by atomic mass is 32.2. The summed E-state index contributed by atoms with van der Waals surface area (Å²) in [6.45, 7) is 1.97. The summed E-state index contributed by atoms with van der Waals surface area (Å²) >= 11 is 1.60. The quantitative estimate of drug-likeness (QED) is 0.847. The highest BCUT2D eigenvalue weighted by Crippen LogP contribution is 2.29. The summed E-state index contributed by atoms with van der Waals surface area (Å²) in [5.74, 6) is 0.954. The molecule has 5 heteroatoms. The van der Waals surface area contributed by atoms with Crippen LogP contribution < -0.4 is 14.8 Å². The molecule has 22 heavy (non-hydrogen) atoms. The average molecular weight is 317 g/mol. The van der Waals surface area contributed by atoms with E-state index in [9.17, 15) is 4.79 Å². The molecule has 4 nitrogen and oxygen atoms in total. The van der Waals surface area contributed by atoms with Gasteiger partial charge in [0.15, 0.2) is 0 Å². The lowest BCUT2D eigenvalue weighted by molar-refractivity contribution is 0.102. The lowest BCUT2D eigenvalue weighted by Crippen LogP contribution is -2.14. The second kappa shape index (κ2) is 7.22. The minimum absolute atomic E-state index is 0.230. The number of carbonyl (C=O) groups excluding carboxylic acids is 1. The Morgan fingerprint density at radius 1 is 1.05 bits per heavy atom. The smallest absolute Gasteiger partial charge is 0.259 e. The van der Waals surface area contributed by atoms with Gasteiger partial charge in [-0.3, -0.25) is 4.79 Å². The van der Waals surface area contributed by atoms with E-state index in [0.717, 1.165) is 10.5 Å². The predicted molar refractivity (Wildman–Crippen MR) is 90.5 cm³/mol. The van der Waals surface area contributed by atoms with E-state index in [4.69, 9.17) is 9.47 Å². The molecule has 0 aliphatic carbocycles. The van der Waals surface area contributed by atoms with Crippen LogP contribution in [0.5, 0.6) is 11.5 Å². The van der Waals surface area contributed by atoms with Gasteiger partial charge in [-0.15, -0.1) is 11.8 Å². The lowest BCUT2D eigenvalue weighted by Gasteiger charge is -2.13. The van der Waals surface area contributed by atoms with Gasteiger partial charge in [0.1, 0.15) is 11.5 Å². The van der Waals surface area contributed by atoms with E-state index in [1.807, 2.05) is 43.5 Å². The fourth-order valence-electron chi connectivity index (χ4n) is 2.08. The molecule has 0 aromatic heterocycles. The van der Waals surface area contributed by atoms with Crippen molar-refractivity contribution in [1.82, 2.24) is 0 Å². The molecule has 0 radical (unpaired) electrons. The van der Waals surface area contributed by atoms with Gasteiger partial charge in [-0.25, -0.2) is 0 Å². The molecular weight excluding hydrogens is 298 g/mol. The Morgan fingerprint density at radius 3 is 2.41 bits per heavy atom. The Labute approximate surface area is 134 Å². The SMILES string of the molecule is COc1cc(C)ccc1NC(=O)c1ccc(SC)cc1OC. The number of rotatable bonds is 5.